The van der Waals surface area contributed by atoms with Gasteiger partial charge in [-0.3, -0.25) is 4.79 Å². The van der Waals surface area contributed by atoms with Gasteiger partial charge in [0.25, 0.3) is 0 Å². The van der Waals surface area contributed by atoms with Gasteiger partial charge in [0, 0.05) is 17.5 Å². The number of methoxy groups -OCH3 is 1. The van der Waals surface area contributed by atoms with Crippen molar-refractivity contribution in [3.05, 3.63) is 82.9 Å². The van der Waals surface area contributed by atoms with E-state index in [0.717, 1.165) is 28.0 Å². The van der Waals surface area contributed by atoms with E-state index in [2.05, 4.69) is 0 Å². The Kier molecular flexibility index (Phi) is 4.16. The van der Waals surface area contributed by atoms with Gasteiger partial charge in [-0.25, -0.2) is 0 Å². The highest BCUT2D eigenvalue weighted by Gasteiger charge is 2.41. The summed E-state index contributed by atoms with van der Waals surface area (Å²) in [6.45, 7) is 2.20. The quantitative estimate of drug-likeness (QED) is 0.486. The van der Waals surface area contributed by atoms with E-state index < -0.39 is 5.92 Å². The van der Waals surface area contributed by atoms with E-state index in [1.807, 2.05) is 61.5 Å². The van der Waals surface area contributed by atoms with Crippen LogP contribution < -0.4 is 18.9 Å². The second-order valence-electron chi connectivity index (χ2n) is 7.30. The van der Waals surface area contributed by atoms with Crippen LogP contribution in [0.3, 0.4) is 0 Å². The van der Waals surface area contributed by atoms with Crippen LogP contribution in [0, 0.1) is 6.92 Å². The molecule has 5 heteroatoms. The summed E-state index contributed by atoms with van der Waals surface area (Å²) in [6.07, 6.45) is 0. The Balaban J connectivity index is 1.69. The highest BCUT2D eigenvalue weighted by molar-refractivity contribution is 5.86. The predicted octanol–water partition coefficient (Wildman–Crippen LogP) is 4.57. The molecule has 0 saturated carbocycles. The minimum absolute atomic E-state index is 0.167. The van der Waals surface area contributed by atoms with Crippen molar-refractivity contribution in [1.82, 2.24) is 0 Å². The SMILES string of the molecule is COc1ccc([C@H]2c3cc4c(cc3OC(=O)[C@H]2c2ccc(C)cc2)OCO4)cc1. The monoisotopic (exact) mass is 388 g/mol. The summed E-state index contributed by atoms with van der Waals surface area (Å²) in [5, 5.41) is 0. The van der Waals surface area contributed by atoms with Gasteiger partial charge in [0.05, 0.1) is 13.0 Å². The van der Waals surface area contributed by atoms with Crippen molar-refractivity contribution in [2.24, 2.45) is 0 Å². The van der Waals surface area contributed by atoms with Crippen molar-refractivity contribution in [2.75, 3.05) is 13.9 Å². The maximum atomic E-state index is 13.1. The van der Waals surface area contributed by atoms with E-state index in [4.69, 9.17) is 18.9 Å². The Morgan fingerprint density at radius 3 is 2.14 bits per heavy atom. The van der Waals surface area contributed by atoms with Gasteiger partial charge < -0.3 is 18.9 Å². The third-order valence-electron chi connectivity index (χ3n) is 5.55. The zero-order valence-corrected chi connectivity index (χ0v) is 16.2. The number of esters is 1. The number of hydrogen-bond acceptors (Lipinski definition) is 5. The molecule has 0 amide bonds. The highest BCUT2D eigenvalue weighted by Crippen LogP contribution is 2.50. The van der Waals surface area contributed by atoms with Crippen LogP contribution in [-0.2, 0) is 4.79 Å². The van der Waals surface area contributed by atoms with Crippen LogP contribution in [0.15, 0.2) is 60.7 Å². The first-order valence-electron chi connectivity index (χ1n) is 9.50. The number of fused-ring (bicyclic) bond motifs is 2. The zero-order valence-electron chi connectivity index (χ0n) is 16.2. The van der Waals surface area contributed by atoms with E-state index in [-0.39, 0.29) is 18.7 Å². The molecule has 3 aromatic rings. The summed E-state index contributed by atoms with van der Waals surface area (Å²) in [6, 6.07) is 19.5. The average molecular weight is 388 g/mol. The molecule has 0 spiro atoms. The molecular formula is C24H20O5. The molecule has 0 fully saturated rings. The minimum Gasteiger partial charge on any atom is -0.497 e. The molecule has 0 aromatic heterocycles. The molecule has 0 radical (unpaired) electrons. The molecule has 0 N–H and O–H groups in total. The molecule has 146 valence electrons. The van der Waals surface area contributed by atoms with Crippen LogP contribution in [0.2, 0.25) is 0 Å². The minimum atomic E-state index is -0.461. The van der Waals surface area contributed by atoms with Crippen LogP contribution >= 0.6 is 0 Å². The topological polar surface area (TPSA) is 54.0 Å². The predicted molar refractivity (Wildman–Crippen MR) is 107 cm³/mol. The van der Waals surface area contributed by atoms with Gasteiger partial charge in [0.15, 0.2) is 11.5 Å². The number of carbonyl (C=O) groups excluding carboxylic acids is 1. The fourth-order valence-corrected chi connectivity index (χ4v) is 4.04. The van der Waals surface area contributed by atoms with E-state index in [1.54, 1.807) is 13.2 Å². The van der Waals surface area contributed by atoms with Crippen LogP contribution in [0.1, 0.15) is 34.1 Å². The standard InChI is InChI=1S/C24H20O5/c1-14-3-5-16(6-4-14)23-22(15-7-9-17(26-2)10-8-15)18-11-20-21(28-13-27-20)12-19(18)29-24(23)25/h3-12,22-23H,13H2,1-2H3/t22-,23-/m0/s1. The molecule has 2 aliphatic heterocycles. The molecule has 2 aliphatic rings. The average Bonchev–Trinajstić information content (AvgIpc) is 3.19. The molecule has 2 heterocycles. The molecule has 5 nitrogen and oxygen atoms in total. The lowest BCUT2D eigenvalue weighted by Gasteiger charge is -2.33. The maximum absolute atomic E-state index is 13.1. The number of hydrogen-bond donors (Lipinski definition) is 0. The lowest BCUT2D eigenvalue weighted by Crippen LogP contribution is -2.30. The van der Waals surface area contributed by atoms with Crippen molar-refractivity contribution in [1.29, 1.82) is 0 Å². The first kappa shape index (κ1) is 17.6. The normalized spacial score (nSPS) is 19.4. The fourth-order valence-electron chi connectivity index (χ4n) is 4.04. The van der Waals surface area contributed by atoms with Crippen molar-refractivity contribution in [3.8, 4) is 23.0 Å². The number of rotatable bonds is 3. The largest absolute Gasteiger partial charge is 0.497 e. The Morgan fingerprint density at radius 1 is 0.828 bits per heavy atom. The van der Waals surface area contributed by atoms with Crippen molar-refractivity contribution in [3.63, 3.8) is 0 Å². The van der Waals surface area contributed by atoms with Gasteiger partial charge >= 0.3 is 5.97 Å². The Labute approximate surface area is 168 Å². The molecule has 0 aliphatic carbocycles. The zero-order chi connectivity index (χ0) is 20.0. The van der Waals surface area contributed by atoms with E-state index in [9.17, 15) is 4.79 Å². The molecule has 0 bridgehead atoms. The molecule has 29 heavy (non-hydrogen) atoms. The maximum Gasteiger partial charge on any atom is 0.319 e. The number of carbonyl (C=O) groups is 1. The van der Waals surface area contributed by atoms with E-state index in [0.29, 0.717) is 17.2 Å². The second kappa shape index (κ2) is 6.85. The third-order valence-corrected chi connectivity index (χ3v) is 5.55. The molecular weight excluding hydrogens is 368 g/mol. The third kappa shape index (κ3) is 2.99. The van der Waals surface area contributed by atoms with Gasteiger partial charge in [0.2, 0.25) is 6.79 Å². The number of ether oxygens (including phenoxy) is 4. The second-order valence-corrected chi connectivity index (χ2v) is 7.30. The van der Waals surface area contributed by atoms with Gasteiger partial charge in [-0.2, -0.15) is 0 Å². The Hall–Kier alpha value is -3.47. The van der Waals surface area contributed by atoms with E-state index in [1.165, 1.54) is 0 Å². The molecule has 0 unspecified atom stereocenters. The summed E-state index contributed by atoms with van der Waals surface area (Å²) < 4.78 is 22.1. The van der Waals surface area contributed by atoms with Gasteiger partial charge in [0.1, 0.15) is 11.5 Å². The highest BCUT2D eigenvalue weighted by atomic mass is 16.7. The Bertz CT molecular complexity index is 1070. The fraction of sp³-hybridized carbons (Fsp3) is 0.208. The molecule has 3 aromatic carbocycles. The van der Waals surface area contributed by atoms with Crippen molar-refractivity contribution in [2.45, 2.75) is 18.8 Å². The first-order valence-corrected chi connectivity index (χ1v) is 9.50. The van der Waals surface area contributed by atoms with Crippen LogP contribution in [0.4, 0.5) is 0 Å². The van der Waals surface area contributed by atoms with Gasteiger partial charge in [-0.15, -0.1) is 0 Å². The molecule has 0 saturated heterocycles. The number of benzene rings is 3. The van der Waals surface area contributed by atoms with Crippen molar-refractivity contribution >= 4 is 5.97 Å². The van der Waals surface area contributed by atoms with Crippen LogP contribution in [0.5, 0.6) is 23.0 Å². The van der Waals surface area contributed by atoms with E-state index >= 15 is 0 Å². The van der Waals surface area contributed by atoms with Crippen molar-refractivity contribution < 1.29 is 23.7 Å². The van der Waals surface area contributed by atoms with Crippen LogP contribution in [0.25, 0.3) is 0 Å². The molecule has 2 atom stereocenters. The first-order chi connectivity index (χ1) is 14.1. The lowest BCUT2D eigenvalue weighted by molar-refractivity contribution is -0.137. The summed E-state index contributed by atoms with van der Waals surface area (Å²) in [5.41, 5.74) is 3.98. The summed E-state index contributed by atoms with van der Waals surface area (Å²) in [4.78, 5) is 13.1. The Morgan fingerprint density at radius 2 is 1.45 bits per heavy atom. The smallest absolute Gasteiger partial charge is 0.319 e. The number of aryl methyl sites for hydroxylation is 1. The lowest BCUT2D eigenvalue weighted by atomic mass is 9.75. The van der Waals surface area contributed by atoms with Gasteiger partial charge in [-0.05, 0) is 36.2 Å². The molecule has 5 rings (SSSR count). The summed E-state index contributed by atoms with van der Waals surface area (Å²) in [5.74, 6) is 1.60. The summed E-state index contributed by atoms with van der Waals surface area (Å²) in [7, 11) is 1.64. The van der Waals surface area contributed by atoms with Crippen LogP contribution in [-0.4, -0.2) is 19.9 Å². The van der Waals surface area contributed by atoms with Gasteiger partial charge in [-0.1, -0.05) is 42.0 Å². The summed E-state index contributed by atoms with van der Waals surface area (Å²) >= 11 is 0.